The van der Waals surface area contributed by atoms with Crippen LogP contribution in [0.4, 0.5) is 4.39 Å². The zero-order valence-corrected chi connectivity index (χ0v) is 12.2. The number of rotatable bonds is 2. The summed E-state index contributed by atoms with van der Waals surface area (Å²) in [5.41, 5.74) is 0.240. The molecule has 0 radical (unpaired) electrons. The number of halogens is 3. The fraction of sp³-hybridized carbons (Fsp3) is 0.133. The summed E-state index contributed by atoms with van der Waals surface area (Å²) in [5.74, 6) is -0.215. The Kier molecular flexibility index (Phi) is 3.74. The van der Waals surface area contributed by atoms with Crippen molar-refractivity contribution in [2.75, 3.05) is 13.2 Å². The summed E-state index contributed by atoms with van der Waals surface area (Å²) in [4.78, 5) is 12.5. The number of carbonyl (C=O) groups is 1. The third-order valence-electron chi connectivity index (χ3n) is 3.07. The summed E-state index contributed by atoms with van der Waals surface area (Å²) in [6.07, 6.45) is 0. The Balaban J connectivity index is 2.07. The molecule has 2 aromatic rings. The second kappa shape index (κ2) is 5.54. The molecule has 0 saturated heterocycles. The summed E-state index contributed by atoms with van der Waals surface area (Å²) in [6, 6.07) is 7.04. The fourth-order valence-corrected chi connectivity index (χ4v) is 2.51. The van der Waals surface area contributed by atoms with Gasteiger partial charge in [0.15, 0.2) is 17.3 Å². The zero-order valence-electron chi connectivity index (χ0n) is 10.7. The zero-order chi connectivity index (χ0) is 15.0. The molecule has 0 aliphatic carbocycles. The van der Waals surface area contributed by atoms with Crippen LogP contribution in [-0.2, 0) is 0 Å². The van der Waals surface area contributed by atoms with E-state index in [9.17, 15) is 9.18 Å². The molecular formula is C15H9Cl2FO3. The summed E-state index contributed by atoms with van der Waals surface area (Å²) < 4.78 is 24.3. The maximum absolute atomic E-state index is 13.5. The van der Waals surface area contributed by atoms with Crippen molar-refractivity contribution >= 4 is 29.0 Å². The Morgan fingerprint density at radius 1 is 1.05 bits per heavy atom. The first-order valence-corrected chi connectivity index (χ1v) is 6.91. The predicted molar refractivity (Wildman–Crippen MR) is 77.3 cm³/mol. The van der Waals surface area contributed by atoms with Gasteiger partial charge in [-0.3, -0.25) is 4.79 Å². The van der Waals surface area contributed by atoms with Crippen molar-refractivity contribution in [3.05, 3.63) is 57.3 Å². The topological polar surface area (TPSA) is 35.5 Å². The summed E-state index contributed by atoms with van der Waals surface area (Å²) >= 11 is 11.9. The number of hydrogen-bond donors (Lipinski definition) is 0. The van der Waals surface area contributed by atoms with Crippen LogP contribution in [0.5, 0.6) is 11.5 Å². The maximum atomic E-state index is 13.5. The van der Waals surface area contributed by atoms with Crippen molar-refractivity contribution in [2.24, 2.45) is 0 Å². The lowest BCUT2D eigenvalue weighted by atomic mass is 10.0. The van der Waals surface area contributed by atoms with Crippen LogP contribution in [0.25, 0.3) is 0 Å². The van der Waals surface area contributed by atoms with E-state index in [0.717, 1.165) is 0 Å². The Labute approximate surface area is 130 Å². The van der Waals surface area contributed by atoms with Crippen molar-refractivity contribution in [2.45, 2.75) is 0 Å². The van der Waals surface area contributed by atoms with E-state index < -0.39 is 11.6 Å². The minimum absolute atomic E-state index is 0.0512. The number of carbonyl (C=O) groups excluding carboxylic acids is 1. The van der Waals surface area contributed by atoms with Gasteiger partial charge in [-0.05, 0) is 18.2 Å². The van der Waals surface area contributed by atoms with Crippen LogP contribution in [0.1, 0.15) is 15.9 Å². The largest absolute Gasteiger partial charge is 0.486 e. The second-order valence-corrected chi connectivity index (χ2v) is 5.19. The monoisotopic (exact) mass is 326 g/mol. The molecule has 0 bridgehead atoms. The van der Waals surface area contributed by atoms with Gasteiger partial charge in [0.05, 0.1) is 10.0 Å². The molecule has 1 heterocycles. The molecule has 3 rings (SSSR count). The fourth-order valence-electron chi connectivity index (χ4n) is 2.06. The van der Waals surface area contributed by atoms with Gasteiger partial charge in [0.25, 0.3) is 0 Å². The van der Waals surface area contributed by atoms with Gasteiger partial charge in [-0.15, -0.1) is 0 Å². The van der Waals surface area contributed by atoms with Gasteiger partial charge in [0.1, 0.15) is 19.0 Å². The number of fused-ring (bicyclic) bond motifs is 1. The molecule has 1 aliphatic heterocycles. The Morgan fingerprint density at radius 3 is 2.43 bits per heavy atom. The van der Waals surface area contributed by atoms with Gasteiger partial charge >= 0.3 is 0 Å². The SMILES string of the molecule is O=C(c1cc2c(cc1Cl)OCCO2)c1cccc(F)c1Cl. The van der Waals surface area contributed by atoms with Crippen LogP contribution in [-0.4, -0.2) is 19.0 Å². The molecule has 0 amide bonds. The van der Waals surface area contributed by atoms with E-state index in [4.69, 9.17) is 32.7 Å². The van der Waals surface area contributed by atoms with Gasteiger partial charge in [0, 0.05) is 17.2 Å². The first-order valence-electron chi connectivity index (χ1n) is 6.16. The van der Waals surface area contributed by atoms with E-state index in [1.807, 2.05) is 0 Å². The molecule has 0 N–H and O–H groups in total. The van der Waals surface area contributed by atoms with Gasteiger partial charge in [0.2, 0.25) is 0 Å². The Hall–Kier alpha value is -1.78. The smallest absolute Gasteiger partial charge is 0.196 e. The molecule has 108 valence electrons. The lowest BCUT2D eigenvalue weighted by Gasteiger charge is -2.19. The highest BCUT2D eigenvalue weighted by molar-refractivity contribution is 6.38. The highest BCUT2D eigenvalue weighted by atomic mass is 35.5. The molecule has 21 heavy (non-hydrogen) atoms. The van der Waals surface area contributed by atoms with Crippen molar-refractivity contribution < 1.29 is 18.7 Å². The van der Waals surface area contributed by atoms with E-state index in [1.165, 1.54) is 30.3 Å². The van der Waals surface area contributed by atoms with Crippen LogP contribution in [0.3, 0.4) is 0 Å². The first-order chi connectivity index (χ1) is 10.1. The maximum Gasteiger partial charge on any atom is 0.196 e. The van der Waals surface area contributed by atoms with Gasteiger partial charge in [-0.25, -0.2) is 4.39 Å². The average Bonchev–Trinajstić information content (AvgIpc) is 2.48. The normalized spacial score (nSPS) is 13.1. The summed E-state index contributed by atoms with van der Waals surface area (Å²) in [5, 5.41) is -0.0296. The van der Waals surface area contributed by atoms with E-state index >= 15 is 0 Å². The van der Waals surface area contributed by atoms with Crippen molar-refractivity contribution in [3.8, 4) is 11.5 Å². The standard InChI is InChI=1S/C15H9Cl2FO3/c16-10-7-13-12(20-4-5-21-13)6-9(10)15(19)8-2-1-3-11(18)14(8)17/h1-3,6-7H,4-5H2. The van der Waals surface area contributed by atoms with E-state index in [-0.39, 0.29) is 21.2 Å². The highest BCUT2D eigenvalue weighted by Gasteiger charge is 2.22. The molecule has 0 atom stereocenters. The highest BCUT2D eigenvalue weighted by Crippen LogP contribution is 2.37. The van der Waals surface area contributed by atoms with E-state index in [1.54, 1.807) is 0 Å². The molecule has 3 nitrogen and oxygen atoms in total. The number of hydrogen-bond acceptors (Lipinski definition) is 3. The molecule has 2 aromatic carbocycles. The predicted octanol–water partition coefficient (Wildman–Crippen LogP) is 4.13. The minimum atomic E-state index is -0.656. The third-order valence-corrected chi connectivity index (χ3v) is 3.77. The molecule has 0 saturated carbocycles. The molecule has 6 heteroatoms. The first kappa shape index (κ1) is 14.2. The van der Waals surface area contributed by atoms with Gasteiger partial charge in [-0.1, -0.05) is 29.3 Å². The van der Waals surface area contributed by atoms with Crippen LogP contribution < -0.4 is 9.47 Å². The van der Waals surface area contributed by atoms with Crippen molar-refractivity contribution in [3.63, 3.8) is 0 Å². The van der Waals surface area contributed by atoms with Crippen LogP contribution in [0.15, 0.2) is 30.3 Å². The average molecular weight is 327 g/mol. The molecule has 1 aliphatic rings. The quantitative estimate of drug-likeness (QED) is 0.778. The minimum Gasteiger partial charge on any atom is -0.486 e. The lowest BCUT2D eigenvalue weighted by molar-refractivity contribution is 0.103. The van der Waals surface area contributed by atoms with E-state index in [2.05, 4.69) is 0 Å². The lowest BCUT2D eigenvalue weighted by Crippen LogP contribution is -2.16. The molecular weight excluding hydrogens is 318 g/mol. The van der Waals surface area contributed by atoms with Gasteiger partial charge < -0.3 is 9.47 Å². The third kappa shape index (κ3) is 2.57. The van der Waals surface area contributed by atoms with Crippen molar-refractivity contribution in [1.82, 2.24) is 0 Å². The van der Waals surface area contributed by atoms with Gasteiger partial charge in [-0.2, -0.15) is 0 Å². The Morgan fingerprint density at radius 2 is 1.71 bits per heavy atom. The summed E-state index contributed by atoms with van der Waals surface area (Å²) in [7, 11) is 0. The van der Waals surface area contributed by atoms with E-state index in [0.29, 0.717) is 24.7 Å². The van der Waals surface area contributed by atoms with Crippen LogP contribution in [0.2, 0.25) is 10.0 Å². The number of ketones is 1. The molecule has 0 aromatic heterocycles. The second-order valence-electron chi connectivity index (χ2n) is 4.41. The van der Waals surface area contributed by atoms with Crippen LogP contribution >= 0.6 is 23.2 Å². The molecule has 0 spiro atoms. The van der Waals surface area contributed by atoms with Crippen molar-refractivity contribution in [1.29, 1.82) is 0 Å². The summed E-state index contributed by atoms with van der Waals surface area (Å²) in [6.45, 7) is 0.815. The number of benzene rings is 2. The molecule has 0 unspecified atom stereocenters. The van der Waals surface area contributed by atoms with Crippen LogP contribution in [0, 0.1) is 5.82 Å². The molecule has 0 fully saturated rings. The Bertz CT molecular complexity index is 731. The number of ether oxygens (including phenoxy) is 2.